The zero-order valence-electron chi connectivity index (χ0n) is 10.6. The van der Waals surface area contributed by atoms with Crippen molar-refractivity contribution in [2.75, 3.05) is 11.9 Å². The van der Waals surface area contributed by atoms with Crippen LogP contribution in [0.25, 0.3) is 0 Å². The average molecular weight is 241 g/mol. The summed E-state index contributed by atoms with van der Waals surface area (Å²) in [4.78, 5) is 0. The van der Waals surface area contributed by atoms with Gasteiger partial charge in [0.05, 0.1) is 6.61 Å². The topological polar surface area (TPSA) is 32.3 Å². The molecule has 0 aliphatic rings. The second-order valence-corrected chi connectivity index (χ2v) is 4.55. The Morgan fingerprint density at radius 2 is 1.67 bits per heavy atom. The smallest absolute Gasteiger partial charge is 0.0630 e. The molecule has 0 fully saturated rings. The van der Waals surface area contributed by atoms with Crippen LogP contribution in [0.1, 0.15) is 18.1 Å². The molecule has 1 atom stereocenters. The van der Waals surface area contributed by atoms with E-state index in [0.717, 1.165) is 12.1 Å². The number of anilines is 1. The summed E-state index contributed by atoms with van der Waals surface area (Å²) in [6.45, 7) is 2.11. The third-order valence-electron chi connectivity index (χ3n) is 2.93. The molecule has 0 saturated carbocycles. The Balaban J connectivity index is 2.17. The predicted molar refractivity (Wildman–Crippen MR) is 75.9 cm³/mol. The SMILES string of the molecule is CC(CO)Nc1ccccc1Cc1ccccc1. The predicted octanol–water partition coefficient (Wildman–Crippen LogP) is 3.07. The molecule has 0 aromatic heterocycles. The Labute approximate surface area is 108 Å². The van der Waals surface area contributed by atoms with Gasteiger partial charge in [0.15, 0.2) is 0 Å². The lowest BCUT2D eigenvalue weighted by atomic mass is 10.0. The molecule has 2 nitrogen and oxygen atoms in total. The fourth-order valence-electron chi connectivity index (χ4n) is 1.94. The third-order valence-corrected chi connectivity index (χ3v) is 2.93. The van der Waals surface area contributed by atoms with Crippen LogP contribution in [0.2, 0.25) is 0 Å². The molecule has 94 valence electrons. The minimum absolute atomic E-state index is 0.0712. The molecule has 0 aliphatic carbocycles. The molecule has 1 unspecified atom stereocenters. The monoisotopic (exact) mass is 241 g/mol. The maximum atomic E-state index is 9.11. The summed E-state index contributed by atoms with van der Waals surface area (Å²) in [6.07, 6.45) is 0.905. The highest BCUT2D eigenvalue weighted by Crippen LogP contribution is 2.19. The average Bonchev–Trinajstić information content (AvgIpc) is 2.42. The van der Waals surface area contributed by atoms with Crippen molar-refractivity contribution in [2.24, 2.45) is 0 Å². The van der Waals surface area contributed by atoms with Gasteiger partial charge in [0, 0.05) is 11.7 Å². The molecule has 0 spiro atoms. The molecule has 0 heterocycles. The Bertz CT molecular complexity index is 481. The second-order valence-electron chi connectivity index (χ2n) is 4.55. The van der Waals surface area contributed by atoms with Crippen LogP contribution in [-0.4, -0.2) is 17.8 Å². The molecular weight excluding hydrogens is 222 g/mol. The van der Waals surface area contributed by atoms with Gasteiger partial charge in [-0.05, 0) is 30.5 Å². The number of hydrogen-bond acceptors (Lipinski definition) is 2. The fourth-order valence-corrected chi connectivity index (χ4v) is 1.94. The van der Waals surface area contributed by atoms with E-state index in [1.807, 2.05) is 25.1 Å². The first-order chi connectivity index (χ1) is 8.79. The molecule has 0 bridgehead atoms. The molecule has 18 heavy (non-hydrogen) atoms. The lowest BCUT2D eigenvalue weighted by Crippen LogP contribution is -2.20. The first-order valence-electron chi connectivity index (χ1n) is 6.29. The lowest BCUT2D eigenvalue weighted by molar-refractivity contribution is 0.281. The number of benzene rings is 2. The summed E-state index contributed by atoms with van der Waals surface area (Å²) in [5.41, 5.74) is 3.65. The van der Waals surface area contributed by atoms with Gasteiger partial charge < -0.3 is 10.4 Å². The summed E-state index contributed by atoms with van der Waals surface area (Å²) >= 11 is 0. The Morgan fingerprint density at radius 3 is 2.39 bits per heavy atom. The first-order valence-corrected chi connectivity index (χ1v) is 6.29. The molecule has 0 saturated heterocycles. The number of nitrogens with one attached hydrogen (secondary N) is 1. The van der Waals surface area contributed by atoms with Crippen LogP contribution in [0.4, 0.5) is 5.69 Å². The number of aliphatic hydroxyl groups excluding tert-OH is 1. The van der Waals surface area contributed by atoms with E-state index < -0.39 is 0 Å². The highest BCUT2D eigenvalue weighted by molar-refractivity contribution is 5.53. The number of rotatable bonds is 5. The van der Waals surface area contributed by atoms with Crippen LogP contribution in [-0.2, 0) is 6.42 Å². The van der Waals surface area contributed by atoms with Crippen LogP contribution in [0, 0.1) is 0 Å². The van der Waals surface area contributed by atoms with Gasteiger partial charge in [-0.3, -0.25) is 0 Å². The molecule has 0 radical (unpaired) electrons. The van der Waals surface area contributed by atoms with Gasteiger partial charge in [0.1, 0.15) is 0 Å². The van der Waals surface area contributed by atoms with Crippen LogP contribution >= 0.6 is 0 Å². The maximum Gasteiger partial charge on any atom is 0.0630 e. The molecule has 2 aromatic rings. The van der Waals surface area contributed by atoms with Crippen LogP contribution in [0.3, 0.4) is 0 Å². The molecular formula is C16H19NO. The molecule has 2 heteroatoms. The van der Waals surface area contributed by atoms with Gasteiger partial charge >= 0.3 is 0 Å². The largest absolute Gasteiger partial charge is 0.394 e. The van der Waals surface area contributed by atoms with Crippen molar-refractivity contribution in [3.05, 3.63) is 65.7 Å². The van der Waals surface area contributed by atoms with Gasteiger partial charge in [-0.2, -0.15) is 0 Å². The van der Waals surface area contributed by atoms with Crippen molar-refractivity contribution >= 4 is 5.69 Å². The van der Waals surface area contributed by atoms with Gasteiger partial charge in [0.2, 0.25) is 0 Å². The molecule has 2 aromatic carbocycles. The maximum absolute atomic E-state index is 9.11. The quantitative estimate of drug-likeness (QED) is 0.843. The van der Waals surface area contributed by atoms with E-state index >= 15 is 0 Å². The van der Waals surface area contributed by atoms with Crippen molar-refractivity contribution < 1.29 is 5.11 Å². The molecule has 2 N–H and O–H groups in total. The summed E-state index contributed by atoms with van der Waals surface area (Å²) in [5.74, 6) is 0. The van der Waals surface area contributed by atoms with Crippen molar-refractivity contribution in [3.63, 3.8) is 0 Å². The molecule has 0 amide bonds. The number of hydrogen-bond donors (Lipinski definition) is 2. The zero-order valence-corrected chi connectivity index (χ0v) is 10.6. The molecule has 2 rings (SSSR count). The van der Waals surface area contributed by atoms with Gasteiger partial charge in [-0.15, -0.1) is 0 Å². The number of para-hydroxylation sites is 1. The second kappa shape index (κ2) is 6.22. The summed E-state index contributed by atoms with van der Waals surface area (Å²) < 4.78 is 0. The van der Waals surface area contributed by atoms with Crippen molar-refractivity contribution in [2.45, 2.75) is 19.4 Å². The Hall–Kier alpha value is -1.80. The van der Waals surface area contributed by atoms with E-state index in [1.54, 1.807) is 0 Å². The van der Waals surface area contributed by atoms with Crippen molar-refractivity contribution in [3.8, 4) is 0 Å². The van der Waals surface area contributed by atoms with Crippen LogP contribution < -0.4 is 5.32 Å². The highest BCUT2D eigenvalue weighted by atomic mass is 16.3. The minimum Gasteiger partial charge on any atom is -0.394 e. The molecule has 0 aliphatic heterocycles. The first kappa shape index (κ1) is 12.7. The van der Waals surface area contributed by atoms with Gasteiger partial charge in [-0.1, -0.05) is 48.5 Å². The Morgan fingerprint density at radius 1 is 1.00 bits per heavy atom. The highest BCUT2D eigenvalue weighted by Gasteiger charge is 2.05. The minimum atomic E-state index is 0.0712. The Kier molecular flexibility index (Phi) is 4.37. The van der Waals surface area contributed by atoms with Gasteiger partial charge in [-0.25, -0.2) is 0 Å². The van der Waals surface area contributed by atoms with E-state index in [4.69, 9.17) is 5.11 Å². The summed E-state index contributed by atoms with van der Waals surface area (Å²) in [7, 11) is 0. The zero-order chi connectivity index (χ0) is 12.8. The number of aliphatic hydroxyl groups is 1. The standard InChI is InChI=1S/C16H19NO/c1-13(12-18)17-16-10-6-5-9-15(16)11-14-7-3-2-4-8-14/h2-10,13,17-18H,11-12H2,1H3. The van der Waals surface area contributed by atoms with E-state index in [2.05, 4.69) is 41.7 Å². The van der Waals surface area contributed by atoms with E-state index in [9.17, 15) is 0 Å². The van der Waals surface area contributed by atoms with Crippen molar-refractivity contribution in [1.82, 2.24) is 0 Å². The summed E-state index contributed by atoms with van der Waals surface area (Å²) in [6, 6.07) is 18.7. The van der Waals surface area contributed by atoms with E-state index in [0.29, 0.717) is 0 Å². The van der Waals surface area contributed by atoms with Crippen LogP contribution in [0.15, 0.2) is 54.6 Å². The van der Waals surface area contributed by atoms with Crippen LogP contribution in [0.5, 0.6) is 0 Å². The van der Waals surface area contributed by atoms with E-state index in [1.165, 1.54) is 11.1 Å². The van der Waals surface area contributed by atoms with Gasteiger partial charge in [0.25, 0.3) is 0 Å². The summed E-state index contributed by atoms with van der Waals surface area (Å²) in [5, 5.41) is 12.4. The third kappa shape index (κ3) is 3.34. The lowest BCUT2D eigenvalue weighted by Gasteiger charge is -2.16. The normalized spacial score (nSPS) is 12.1. The van der Waals surface area contributed by atoms with Crippen molar-refractivity contribution in [1.29, 1.82) is 0 Å². The van der Waals surface area contributed by atoms with E-state index in [-0.39, 0.29) is 12.6 Å². The fraction of sp³-hybridized carbons (Fsp3) is 0.250.